The van der Waals surface area contributed by atoms with Crippen LogP contribution < -0.4 is 4.90 Å². The third-order valence-corrected chi connectivity index (χ3v) is 12.0. The van der Waals surface area contributed by atoms with Crippen LogP contribution in [0.4, 0.5) is 17.1 Å². The maximum absolute atomic E-state index is 6.71. The SMILES string of the molecule is c1ccc(-c2cc(-c3ccc4sc5ccccc5c4c3)cc(N(c3ccc(-c4ccc5ccccc5c4)cc3)c3cccc4c3oc3ccccc34)c2)cc1. The van der Waals surface area contributed by atoms with Gasteiger partial charge >= 0.3 is 0 Å². The maximum atomic E-state index is 6.71. The van der Waals surface area contributed by atoms with E-state index in [0.29, 0.717) is 0 Å². The highest BCUT2D eigenvalue weighted by molar-refractivity contribution is 7.25. The molecule has 0 N–H and O–H groups in total. The lowest BCUT2D eigenvalue weighted by atomic mass is 9.96. The van der Waals surface area contributed by atoms with Crippen LogP contribution in [0.25, 0.3) is 86.3 Å². The number of thiophene rings is 1. The number of fused-ring (bicyclic) bond motifs is 7. The summed E-state index contributed by atoms with van der Waals surface area (Å²) in [7, 11) is 0. The zero-order valence-corrected chi connectivity index (χ0v) is 30.6. The van der Waals surface area contributed by atoms with E-state index in [-0.39, 0.29) is 0 Å². The number of para-hydroxylation sites is 2. The van der Waals surface area contributed by atoms with Gasteiger partial charge in [-0.05, 0) is 111 Å². The number of hydrogen-bond donors (Lipinski definition) is 0. The van der Waals surface area contributed by atoms with Gasteiger partial charge in [0.1, 0.15) is 5.58 Å². The molecule has 2 nitrogen and oxygen atoms in total. The molecule has 0 spiro atoms. The molecule has 0 radical (unpaired) electrons. The summed E-state index contributed by atoms with van der Waals surface area (Å²) < 4.78 is 9.32. The molecule has 3 heteroatoms. The molecular formula is C52H33NOS. The Hall–Kier alpha value is -6.94. The Kier molecular flexibility index (Phi) is 7.39. The van der Waals surface area contributed by atoms with Gasteiger partial charge in [0.25, 0.3) is 0 Å². The van der Waals surface area contributed by atoms with Crippen LogP contribution in [0.5, 0.6) is 0 Å². The van der Waals surface area contributed by atoms with E-state index < -0.39 is 0 Å². The van der Waals surface area contributed by atoms with Crippen LogP contribution in [0.2, 0.25) is 0 Å². The highest BCUT2D eigenvalue weighted by Gasteiger charge is 2.21. The summed E-state index contributed by atoms with van der Waals surface area (Å²) >= 11 is 1.85. The van der Waals surface area contributed by atoms with Gasteiger partial charge in [-0.3, -0.25) is 0 Å². The quantitative estimate of drug-likeness (QED) is 0.170. The fourth-order valence-electron chi connectivity index (χ4n) is 8.12. The lowest BCUT2D eigenvalue weighted by Crippen LogP contribution is -2.10. The second kappa shape index (κ2) is 12.9. The molecule has 0 aliphatic rings. The first-order valence-corrected chi connectivity index (χ1v) is 19.5. The van der Waals surface area contributed by atoms with Crippen molar-refractivity contribution in [3.8, 4) is 33.4 Å². The van der Waals surface area contributed by atoms with Crippen LogP contribution in [0, 0.1) is 0 Å². The Balaban J connectivity index is 1.13. The predicted octanol–water partition coefficient (Wildman–Crippen LogP) is 15.6. The van der Waals surface area contributed by atoms with E-state index in [1.54, 1.807) is 0 Å². The highest BCUT2D eigenvalue weighted by Crippen LogP contribution is 2.45. The molecule has 9 aromatic carbocycles. The van der Waals surface area contributed by atoms with E-state index in [0.717, 1.165) is 50.1 Å². The topological polar surface area (TPSA) is 16.4 Å². The molecule has 0 aliphatic carbocycles. The Morgan fingerprint density at radius 3 is 1.85 bits per heavy atom. The van der Waals surface area contributed by atoms with Crippen molar-refractivity contribution in [1.29, 1.82) is 0 Å². The molecule has 0 unspecified atom stereocenters. The van der Waals surface area contributed by atoms with E-state index in [1.165, 1.54) is 53.2 Å². The molecule has 2 aromatic heterocycles. The number of nitrogens with zero attached hydrogens (tertiary/aromatic N) is 1. The smallest absolute Gasteiger partial charge is 0.159 e. The van der Waals surface area contributed by atoms with Crippen molar-refractivity contribution in [2.24, 2.45) is 0 Å². The Morgan fingerprint density at radius 1 is 0.345 bits per heavy atom. The number of benzene rings is 9. The van der Waals surface area contributed by atoms with Crippen LogP contribution in [-0.2, 0) is 0 Å². The highest BCUT2D eigenvalue weighted by atomic mass is 32.1. The summed E-state index contributed by atoms with van der Waals surface area (Å²) in [6, 6.07) is 72.3. The molecule has 258 valence electrons. The van der Waals surface area contributed by atoms with Gasteiger partial charge in [0.05, 0.1) is 5.69 Å². The first-order chi connectivity index (χ1) is 27.2. The zero-order chi connectivity index (χ0) is 36.3. The van der Waals surface area contributed by atoms with Crippen LogP contribution in [-0.4, -0.2) is 0 Å². The lowest BCUT2D eigenvalue weighted by Gasteiger charge is -2.27. The summed E-state index contributed by atoms with van der Waals surface area (Å²) in [6.07, 6.45) is 0. The average molecular weight is 720 g/mol. The van der Waals surface area contributed by atoms with Gasteiger partial charge in [-0.25, -0.2) is 0 Å². The van der Waals surface area contributed by atoms with Gasteiger partial charge in [0.15, 0.2) is 5.58 Å². The van der Waals surface area contributed by atoms with Gasteiger partial charge in [-0.2, -0.15) is 0 Å². The molecule has 0 fully saturated rings. The van der Waals surface area contributed by atoms with Gasteiger partial charge in [0.2, 0.25) is 0 Å². The van der Waals surface area contributed by atoms with Crippen molar-refractivity contribution < 1.29 is 4.42 Å². The van der Waals surface area contributed by atoms with Crippen molar-refractivity contribution in [3.63, 3.8) is 0 Å². The van der Waals surface area contributed by atoms with E-state index in [2.05, 4.69) is 199 Å². The Bertz CT molecular complexity index is 3210. The zero-order valence-electron chi connectivity index (χ0n) is 29.8. The molecule has 11 rings (SSSR count). The second-order valence-electron chi connectivity index (χ2n) is 14.1. The molecule has 0 saturated heterocycles. The summed E-state index contributed by atoms with van der Waals surface area (Å²) in [4.78, 5) is 2.36. The average Bonchev–Trinajstić information content (AvgIpc) is 3.83. The van der Waals surface area contributed by atoms with E-state index in [4.69, 9.17) is 4.42 Å². The summed E-state index contributed by atoms with van der Waals surface area (Å²) in [5.74, 6) is 0. The fourth-order valence-corrected chi connectivity index (χ4v) is 9.20. The Morgan fingerprint density at radius 2 is 0.982 bits per heavy atom. The normalized spacial score (nSPS) is 11.6. The van der Waals surface area contributed by atoms with E-state index in [9.17, 15) is 0 Å². The van der Waals surface area contributed by atoms with Crippen molar-refractivity contribution in [3.05, 3.63) is 200 Å². The summed E-state index contributed by atoms with van der Waals surface area (Å²) in [5.41, 5.74) is 11.9. The number of anilines is 3. The van der Waals surface area contributed by atoms with Crippen LogP contribution in [0.3, 0.4) is 0 Å². The minimum atomic E-state index is 0.861. The molecular weight excluding hydrogens is 687 g/mol. The lowest BCUT2D eigenvalue weighted by molar-refractivity contribution is 0.669. The first kappa shape index (κ1) is 31.6. The van der Waals surface area contributed by atoms with Crippen LogP contribution in [0.1, 0.15) is 0 Å². The van der Waals surface area contributed by atoms with E-state index in [1.807, 2.05) is 17.4 Å². The van der Waals surface area contributed by atoms with Crippen molar-refractivity contribution >= 4 is 81.3 Å². The molecule has 11 aromatic rings. The van der Waals surface area contributed by atoms with Gasteiger partial charge < -0.3 is 9.32 Å². The van der Waals surface area contributed by atoms with Crippen molar-refractivity contribution in [2.45, 2.75) is 0 Å². The molecule has 0 amide bonds. The number of furan rings is 1. The van der Waals surface area contributed by atoms with Crippen LogP contribution in [0.15, 0.2) is 205 Å². The standard InChI is InChI=1S/C52H33NOS/c1-2-11-34(12-3-1)40-30-41(39-25-28-51-47(33-39)45-16-7-9-20-50(45)55-51)32-43(31-40)53(48-18-10-17-46-44-15-6-8-19-49(44)54-52(46)48)42-26-23-36(24-27-42)38-22-21-35-13-4-5-14-37(35)29-38/h1-33H. The van der Waals surface area contributed by atoms with Gasteiger partial charge in [-0.15, -0.1) is 11.3 Å². The predicted molar refractivity (Wildman–Crippen MR) is 235 cm³/mol. The fraction of sp³-hybridized carbons (Fsp3) is 0. The summed E-state index contributed by atoms with van der Waals surface area (Å²) in [6.45, 7) is 0. The molecule has 55 heavy (non-hydrogen) atoms. The third kappa shape index (κ3) is 5.48. The molecule has 0 bridgehead atoms. The number of hydrogen-bond acceptors (Lipinski definition) is 3. The minimum absolute atomic E-state index is 0.861. The van der Waals surface area contributed by atoms with Gasteiger partial charge in [-0.1, -0.05) is 133 Å². The molecule has 0 atom stereocenters. The van der Waals surface area contributed by atoms with E-state index >= 15 is 0 Å². The first-order valence-electron chi connectivity index (χ1n) is 18.7. The minimum Gasteiger partial charge on any atom is -0.454 e. The maximum Gasteiger partial charge on any atom is 0.159 e. The van der Waals surface area contributed by atoms with Crippen molar-refractivity contribution in [1.82, 2.24) is 0 Å². The summed E-state index contributed by atoms with van der Waals surface area (Å²) in [5, 5.41) is 7.28. The molecule has 0 saturated carbocycles. The largest absolute Gasteiger partial charge is 0.454 e. The number of rotatable bonds is 6. The van der Waals surface area contributed by atoms with Crippen LogP contribution >= 0.6 is 11.3 Å². The Labute approximate surface area is 322 Å². The molecule has 0 aliphatic heterocycles. The van der Waals surface area contributed by atoms with Crippen molar-refractivity contribution in [2.75, 3.05) is 4.90 Å². The van der Waals surface area contributed by atoms with Gasteiger partial charge in [0, 0.05) is 42.3 Å². The molecule has 2 heterocycles. The second-order valence-corrected chi connectivity index (χ2v) is 15.2. The monoisotopic (exact) mass is 719 g/mol. The third-order valence-electron chi connectivity index (χ3n) is 10.8.